The van der Waals surface area contributed by atoms with E-state index in [1.165, 1.54) is 0 Å². The quantitative estimate of drug-likeness (QED) is 0.555. The summed E-state index contributed by atoms with van der Waals surface area (Å²) in [5.41, 5.74) is 0. The fourth-order valence-corrected chi connectivity index (χ4v) is 1.86. The third-order valence-electron chi connectivity index (χ3n) is 1.99. The molecule has 0 atom stereocenters. The van der Waals surface area contributed by atoms with Gasteiger partial charge in [-0.15, -0.1) is 10.2 Å². The number of aromatic nitrogens is 2. The van der Waals surface area contributed by atoms with Gasteiger partial charge in [-0.25, -0.2) is 0 Å². The third kappa shape index (κ3) is 5.62. The monoisotopic (exact) mass is 287 g/mol. The van der Waals surface area contributed by atoms with E-state index in [1.807, 2.05) is 6.92 Å². The van der Waals surface area contributed by atoms with E-state index in [9.17, 15) is 9.59 Å². The van der Waals surface area contributed by atoms with Gasteiger partial charge < -0.3 is 20.7 Å². The van der Waals surface area contributed by atoms with Gasteiger partial charge in [0, 0.05) is 20.2 Å². The number of carbonyl (C=O) groups excluding carboxylic acids is 2. The van der Waals surface area contributed by atoms with Crippen molar-refractivity contribution in [2.75, 3.05) is 38.7 Å². The van der Waals surface area contributed by atoms with Crippen molar-refractivity contribution in [1.82, 2.24) is 20.8 Å². The molecule has 0 radical (unpaired) electrons. The topological polar surface area (TPSA) is 105 Å². The Morgan fingerprint density at radius 2 is 2.11 bits per heavy atom. The molecular formula is C10H17N5O3S. The summed E-state index contributed by atoms with van der Waals surface area (Å²) in [5, 5.41) is 16.3. The molecule has 0 spiro atoms. The zero-order valence-corrected chi connectivity index (χ0v) is 11.7. The first-order chi connectivity index (χ1) is 9.17. The SMILES string of the molecule is CCNc1nnc(C(=O)NCC(=O)NCCOC)s1. The number of nitrogens with zero attached hydrogens (tertiary/aromatic N) is 2. The van der Waals surface area contributed by atoms with Gasteiger partial charge in [-0.2, -0.15) is 0 Å². The predicted molar refractivity (Wildman–Crippen MR) is 71.3 cm³/mol. The van der Waals surface area contributed by atoms with Gasteiger partial charge in [-0.05, 0) is 6.92 Å². The summed E-state index contributed by atoms with van der Waals surface area (Å²) in [7, 11) is 1.55. The lowest BCUT2D eigenvalue weighted by Crippen LogP contribution is -2.38. The summed E-state index contributed by atoms with van der Waals surface area (Å²) < 4.78 is 4.79. The molecule has 0 saturated carbocycles. The van der Waals surface area contributed by atoms with E-state index in [4.69, 9.17) is 4.74 Å². The maximum absolute atomic E-state index is 11.7. The Labute approximate surface area is 114 Å². The molecule has 1 rings (SSSR count). The lowest BCUT2D eigenvalue weighted by atomic mass is 10.5. The lowest BCUT2D eigenvalue weighted by Gasteiger charge is -2.04. The molecule has 0 fully saturated rings. The van der Waals surface area contributed by atoms with E-state index in [0.29, 0.717) is 24.8 Å². The van der Waals surface area contributed by atoms with Crippen molar-refractivity contribution < 1.29 is 14.3 Å². The second-order valence-corrected chi connectivity index (χ2v) is 4.45. The highest BCUT2D eigenvalue weighted by atomic mass is 32.1. The summed E-state index contributed by atoms with van der Waals surface area (Å²) in [5.74, 6) is -0.689. The molecular weight excluding hydrogens is 270 g/mol. The number of ether oxygens (including phenoxy) is 1. The van der Waals surface area contributed by atoms with Gasteiger partial charge in [0.05, 0.1) is 13.2 Å². The van der Waals surface area contributed by atoms with Crippen LogP contribution in [-0.4, -0.2) is 55.4 Å². The third-order valence-corrected chi connectivity index (χ3v) is 2.86. The van der Waals surface area contributed by atoms with Crippen LogP contribution in [0.1, 0.15) is 16.7 Å². The van der Waals surface area contributed by atoms with Crippen molar-refractivity contribution in [1.29, 1.82) is 0 Å². The number of carbonyl (C=O) groups is 2. The minimum absolute atomic E-state index is 0.0985. The van der Waals surface area contributed by atoms with Crippen LogP contribution in [0, 0.1) is 0 Å². The van der Waals surface area contributed by atoms with Crippen LogP contribution in [0.2, 0.25) is 0 Å². The maximum atomic E-state index is 11.7. The number of rotatable bonds is 8. The Kier molecular flexibility index (Phi) is 6.75. The van der Waals surface area contributed by atoms with Crippen LogP contribution >= 0.6 is 11.3 Å². The number of anilines is 1. The van der Waals surface area contributed by atoms with Gasteiger partial charge in [0.25, 0.3) is 5.91 Å². The molecule has 1 aromatic rings. The number of methoxy groups -OCH3 is 1. The molecule has 9 heteroatoms. The second kappa shape index (κ2) is 8.38. The number of hydrogen-bond acceptors (Lipinski definition) is 7. The number of amides is 2. The summed E-state index contributed by atoms with van der Waals surface area (Å²) >= 11 is 1.14. The molecule has 3 N–H and O–H groups in total. The van der Waals surface area contributed by atoms with E-state index in [-0.39, 0.29) is 17.5 Å². The summed E-state index contributed by atoms with van der Waals surface area (Å²) in [6, 6.07) is 0. The molecule has 0 aliphatic heterocycles. The first kappa shape index (κ1) is 15.3. The molecule has 0 saturated heterocycles. The highest BCUT2D eigenvalue weighted by molar-refractivity contribution is 7.17. The molecule has 19 heavy (non-hydrogen) atoms. The Balaban J connectivity index is 2.31. The molecule has 1 aromatic heterocycles. The van der Waals surface area contributed by atoms with E-state index in [2.05, 4.69) is 26.1 Å². The van der Waals surface area contributed by atoms with Crippen molar-refractivity contribution in [3.63, 3.8) is 0 Å². The molecule has 2 amide bonds. The normalized spacial score (nSPS) is 10.0. The van der Waals surface area contributed by atoms with Gasteiger partial charge in [0.15, 0.2) is 0 Å². The molecule has 0 bridgehead atoms. The van der Waals surface area contributed by atoms with E-state index in [1.54, 1.807) is 7.11 Å². The van der Waals surface area contributed by atoms with Crippen LogP contribution in [0.3, 0.4) is 0 Å². The molecule has 0 aliphatic carbocycles. The molecule has 1 heterocycles. The standard InChI is InChI=1S/C10H17N5O3S/c1-3-11-10-15-14-9(19-10)8(17)13-6-7(16)12-4-5-18-2/h3-6H2,1-2H3,(H,11,15)(H,12,16)(H,13,17). The molecule has 106 valence electrons. The van der Waals surface area contributed by atoms with Crippen LogP contribution in [-0.2, 0) is 9.53 Å². The average molecular weight is 287 g/mol. The second-order valence-electron chi connectivity index (χ2n) is 3.47. The zero-order chi connectivity index (χ0) is 14.1. The highest BCUT2D eigenvalue weighted by Crippen LogP contribution is 2.14. The Bertz CT molecular complexity index is 423. The van der Waals surface area contributed by atoms with Crippen LogP contribution in [0.4, 0.5) is 5.13 Å². The van der Waals surface area contributed by atoms with Crippen LogP contribution in [0.5, 0.6) is 0 Å². The van der Waals surface area contributed by atoms with Crippen molar-refractivity contribution in [2.24, 2.45) is 0 Å². The zero-order valence-electron chi connectivity index (χ0n) is 10.9. The van der Waals surface area contributed by atoms with Crippen LogP contribution in [0.15, 0.2) is 0 Å². The number of nitrogens with one attached hydrogen (secondary N) is 3. The largest absolute Gasteiger partial charge is 0.383 e. The van der Waals surface area contributed by atoms with E-state index in [0.717, 1.165) is 11.3 Å². The first-order valence-electron chi connectivity index (χ1n) is 5.78. The Morgan fingerprint density at radius 3 is 2.79 bits per heavy atom. The van der Waals surface area contributed by atoms with Crippen molar-refractivity contribution >= 4 is 28.3 Å². The number of hydrogen-bond donors (Lipinski definition) is 3. The van der Waals surface area contributed by atoms with Gasteiger partial charge in [0.1, 0.15) is 0 Å². The van der Waals surface area contributed by atoms with Gasteiger partial charge >= 0.3 is 0 Å². The maximum Gasteiger partial charge on any atom is 0.282 e. The predicted octanol–water partition coefficient (Wildman–Crippen LogP) is -0.538. The van der Waals surface area contributed by atoms with Crippen LogP contribution in [0.25, 0.3) is 0 Å². The summed E-state index contributed by atoms with van der Waals surface area (Å²) in [6.45, 7) is 3.37. The lowest BCUT2D eigenvalue weighted by molar-refractivity contribution is -0.120. The van der Waals surface area contributed by atoms with Gasteiger partial charge in [-0.1, -0.05) is 11.3 Å². The van der Waals surface area contributed by atoms with Crippen LogP contribution < -0.4 is 16.0 Å². The summed E-state index contributed by atoms with van der Waals surface area (Å²) in [4.78, 5) is 23.0. The minimum Gasteiger partial charge on any atom is -0.383 e. The molecule has 0 aliphatic rings. The first-order valence-corrected chi connectivity index (χ1v) is 6.60. The van der Waals surface area contributed by atoms with E-state index < -0.39 is 5.91 Å². The van der Waals surface area contributed by atoms with Crippen molar-refractivity contribution in [3.05, 3.63) is 5.01 Å². The summed E-state index contributed by atoms with van der Waals surface area (Å²) in [6.07, 6.45) is 0. The molecule has 0 aromatic carbocycles. The van der Waals surface area contributed by atoms with Gasteiger partial charge in [-0.3, -0.25) is 9.59 Å². The van der Waals surface area contributed by atoms with Crippen molar-refractivity contribution in [3.8, 4) is 0 Å². The van der Waals surface area contributed by atoms with Crippen molar-refractivity contribution in [2.45, 2.75) is 6.92 Å². The minimum atomic E-state index is -0.413. The average Bonchev–Trinajstić information content (AvgIpc) is 2.85. The fraction of sp³-hybridized carbons (Fsp3) is 0.600. The highest BCUT2D eigenvalue weighted by Gasteiger charge is 2.13. The van der Waals surface area contributed by atoms with E-state index >= 15 is 0 Å². The van der Waals surface area contributed by atoms with Gasteiger partial charge in [0.2, 0.25) is 16.0 Å². The Hall–Kier alpha value is -1.74. The Morgan fingerprint density at radius 1 is 1.32 bits per heavy atom. The smallest absolute Gasteiger partial charge is 0.282 e. The molecule has 8 nitrogen and oxygen atoms in total. The molecule has 0 unspecified atom stereocenters. The fourth-order valence-electron chi connectivity index (χ4n) is 1.13.